The van der Waals surface area contributed by atoms with Crippen molar-refractivity contribution in [2.45, 2.75) is 6.04 Å². The second-order valence-electron chi connectivity index (χ2n) is 2.52. The van der Waals surface area contributed by atoms with E-state index >= 15 is 0 Å². The Labute approximate surface area is 68.6 Å². The van der Waals surface area contributed by atoms with Gasteiger partial charge in [-0.3, -0.25) is 0 Å². The smallest absolute Gasteiger partial charge is 0.0448 e. The van der Waals surface area contributed by atoms with Gasteiger partial charge < -0.3 is 5.32 Å². The maximum atomic E-state index is 3.43. The molecule has 1 aliphatic heterocycles. The van der Waals surface area contributed by atoms with Gasteiger partial charge in [0.1, 0.15) is 0 Å². The minimum atomic E-state index is 0.623. The van der Waals surface area contributed by atoms with Gasteiger partial charge in [0.2, 0.25) is 0 Å². The normalized spacial score (nSPS) is 22.7. The SMILES string of the molecule is Brc1cccc([C@H]2CN2)c1. The van der Waals surface area contributed by atoms with Crippen LogP contribution in [0.15, 0.2) is 28.7 Å². The van der Waals surface area contributed by atoms with E-state index in [1.165, 1.54) is 10.0 Å². The highest BCUT2D eigenvalue weighted by Crippen LogP contribution is 2.23. The first-order chi connectivity index (χ1) is 4.86. The lowest BCUT2D eigenvalue weighted by Gasteiger charge is -1.95. The van der Waals surface area contributed by atoms with E-state index in [9.17, 15) is 0 Å². The molecule has 52 valence electrons. The van der Waals surface area contributed by atoms with Gasteiger partial charge in [-0.2, -0.15) is 0 Å². The zero-order valence-corrected chi connectivity index (χ0v) is 7.06. The lowest BCUT2D eigenvalue weighted by molar-refractivity contribution is 1.08. The zero-order chi connectivity index (χ0) is 6.97. The van der Waals surface area contributed by atoms with Gasteiger partial charge in [0.25, 0.3) is 0 Å². The van der Waals surface area contributed by atoms with Crippen molar-refractivity contribution in [2.24, 2.45) is 0 Å². The van der Waals surface area contributed by atoms with Crippen LogP contribution in [-0.4, -0.2) is 6.54 Å². The number of rotatable bonds is 1. The van der Waals surface area contributed by atoms with E-state index in [2.05, 4.69) is 39.4 Å². The molecule has 0 saturated carbocycles. The van der Waals surface area contributed by atoms with Gasteiger partial charge in [-0.05, 0) is 17.7 Å². The van der Waals surface area contributed by atoms with Crippen LogP contribution in [0.4, 0.5) is 0 Å². The highest BCUT2D eigenvalue weighted by molar-refractivity contribution is 9.10. The van der Waals surface area contributed by atoms with Crippen molar-refractivity contribution in [3.63, 3.8) is 0 Å². The Balaban J connectivity index is 2.32. The highest BCUT2D eigenvalue weighted by Gasteiger charge is 2.21. The van der Waals surface area contributed by atoms with Crippen LogP contribution in [0.25, 0.3) is 0 Å². The minimum absolute atomic E-state index is 0.623. The van der Waals surface area contributed by atoms with Gasteiger partial charge in [0.05, 0.1) is 0 Å². The van der Waals surface area contributed by atoms with Gasteiger partial charge in [-0.1, -0.05) is 28.1 Å². The van der Waals surface area contributed by atoms with Crippen molar-refractivity contribution in [1.82, 2.24) is 5.32 Å². The van der Waals surface area contributed by atoms with Gasteiger partial charge in [-0.25, -0.2) is 0 Å². The highest BCUT2D eigenvalue weighted by atomic mass is 79.9. The number of nitrogens with one attached hydrogen (secondary N) is 1. The summed E-state index contributed by atoms with van der Waals surface area (Å²) in [5.41, 5.74) is 1.38. The molecule has 1 aliphatic rings. The number of hydrogen-bond donors (Lipinski definition) is 1. The fourth-order valence-corrected chi connectivity index (χ4v) is 1.43. The Bertz CT molecular complexity index is 243. The maximum Gasteiger partial charge on any atom is 0.0448 e. The van der Waals surface area contributed by atoms with Crippen molar-refractivity contribution in [2.75, 3.05) is 6.54 Å². The quantitative estimate of drug-likeness (QED) is 0.685. The van der Waals surface area contributed by atoms with Crippen LogP contribution in [0.2, 0.25) is 0 Å². The average molecular weight is 198 g/mol. The second kappa shape index (κ2) is 2.36. The average Bonchev–Trinajstić information content (AvgIpc) is 2.68. The van der Waals surface area contributed by atoms with Crippen molar-refractivity contribution in [3.05, 3.63) is 34.3 Å². The minimum Gasteiger partial charge on any atom is -0.307 e. The fraction of sp³-hybridized carbons (Fsp3) is 0.250. The van der Waals surface area contributed by atoms with E-state index < -0.39 is 0 Å². The summed E-state index contributed by atoms with van der Waals surface area (Å²) >= 11 is 3.43. The van der Waals surface area contributed by atoms with Crippen molar-refractivity contribution in [3.8, 4) is 0 Å². The van der Waals surface area contributed by atoms with E-state index in [-0.39, 0.29) is 0 Å². The van der Waals surface area contributed by atoms with Gasteiger partial charge >= 0.3 is 0 Å². The molecule has 2 rings (SSSR count). The summed E-state index contributed by atoms with van der Waals surface area (Å²) < 4.78 is 1.17. The maximum absolute atomic E-state index is 3.43. The van der Waals surface area contributed by atoms with Crippen LogP contribution in [0.1, 0.15) is 11.6 Å². The van der Waals surface area contributed by atoms with E-state index in [1.54, 1.807) is 0 Å². The first kappa shape index (κ1) is 6.38. The van der Waals surface area contributed by atoms with Crippen LogP contribution in [-0.2, 0) is 0 Å². The molecule has 1 atom stereocenters. The van der Waals surface area contributed by atoms with E-state index in [0.29, 0.717) is 6.04 Å². The molecule has 10 heavy (non-hydrogen) atoms. The second-order valence-corrected chi connectivity index (χ2v) is 3.43. The lowest BCUT2D eigenvalue weighted by Crippen LogP contribution is -1.81. The predicted molar refractivity (Wildman–Crippen MR) is 44.9 cm³/mol. The molecule has 2 heteroatoms. The topological polar surface area (TPSA) is 21.9 Å². The third-order valence-electron chi connectivity index (χ3n) is 1.66. The summed E-state index contributed by atoms with van der Waals surface area (Å²) in [6.45, 7) is 1.14. The van der Waals surface area contributed by atoms with Crippen LogP contribution in [0, 0.1) is 0 Å². The molecule has 1 heterocycles. The predicted octanol–water partition coefficient (Wildman–Crippen LogP) is 2.09. The van der Waals surface area contributed by atoms with Crippen molar-refractivity contribution < 1.29 is 0 Å². The largest absolute Gasteiger partial charge is 0.307 e. The van der Waals surface area contributed by atoms with E-state index in [4.69, 9.17) is 0 Å². The Kier molecular flexibility index (Phi) is 1.51. The van der Waals surface area contributed by atoms with Gasteiger partial charge in [-0.15, -0.1) is 0 Å². The lowest BCUT2D eigenvalue weighted by atomic mass is 10.2. The Morgan fingerprint density at radius 1 is 1.50 bits per heavy atom. The molecule has 1 saturated heterocycles. The third kappa shape index (κ3) is 1.22. The molecule has 0 amide bonds. The number of hydrogen-bond acceptors (Lipinski definition) is 1. The zero-order valence-electron chi connectivity index (χ0n) is 5.47. The van der Waals surface area contributed by atoms with Gasteiger partial charge in [0.15, 0.2) is 0 Å². The van der Waals surface area contributed by atoms with Crippen molar-refractivity contribution in [1.29, 1.82) is 0 Å². The molecule has 1 fully saturated rings. The Morgan fingerprint density at radius 2 is 2.30 bits per heavy atom. The molecular formula is C8H8BrN. The molecule has 0 bridgehead atoms. The molecule has 1 aromatic rings. The first-order valence-electron chi connectivity index (χ1n) is 3.35. The number of benzene rings is 1. The summed E-state index contributed by atoms with van der Waals surface area (Å²) in [5.74, 6) is 0. The van der Waals surface area contributed by atoms with E-state index in [0.717, 1.165) is 6.54 Å². The van der Waals surface area contributed by atoms with Crippen LogP contribution >= 0.6 is 15.9 Å². The molecular weight excluding hydrogens is 190 g/mol. The summed E-state index contributed by atoms with van der Waals surface area (Å²) in [5, 5.41) is 3.26. The molecule has 0 aromatic heterocycles. The molecule has 1 aromatic carbocycles. The molecule has 0 radical (unpaired) electrons. The summed E-state index contributed by atoms with van der Waals surface area (Å²) in [4.78, 5) is 0. The first-order valence-corrected chi connectivity index (χ1v) is 4.14. The summed E-state index contributed by atoms with van der Waals surface area (Å²) in [7, 11) is 0. The van der Waals surface area contributed by atoms with Crippen molar-refractivity contribution >= 4 is 15.9 Å². The molecule has 0 spiro atoms. The number of halogens is 1. The van der Waals surface area contributed by atoms with E-state index in [1.807, 2.05) is 6.07 Å². The molecule has 1 N–H and O–H groups in total. The molecule has 0 unspecified atom stereocenters. The Morgan fingerprint density at radius 3 is 2.90 bits per heavy atom. The summed E-state index contributed by atoms with van der Waals surface area (Å²) in [6.07, 6.45) is 0. The van der Waals surface area contributed by atoms with Crippen LogP contribution in [0.5, 0.6) is 0 Å². The van der Waals surface area contributed by atoms with Gasteiger partial charge in [0, 0.05) is 17.1 Å². The summed E-state index contributed by atoms with van der Waals surface area (Å²) in [6, 6.07) is 9.04. The monoisotopic (exact) mass is 197 g/mol. The Hall–Kier alpha value is -0.340. The molecule has 1 nitrogen and oxygen atoms in total. The molecule has 0 aliphatic carbocycles. The van der Waals surface area contributed by atoms with Crippen LogP contribution in [0.3, 0.4) is 0 Å². The van der Waals surface area contributed by atoms with Crippen LogP contribution < -0.4 is 5.32 Å². The standard InChI is InChI=1S/C8H8BrN/c9-7-3-1-2-6(4-7)8-5-10-8/h1-4,8,10H,5H2/t8-/m1/s1. The fourth-order valence-electron chi connectivity index (χ4n) is 1.02. The third-order valence-corrected chi connectivity index (χ3v) is 2.15.